The van der Waals surface area contributed by atoms with Gasteiger partial charge in [0.2, 0.25) is 11.2 Å². The van der Waals surface area contributed by atoms with Crippen LogP contribution < -0.4 is 10.00 Å². The molecule has 1 amide bonds. The van der Waals surface area contributed by atoms with Crippen molar-refractivity contribution >= 4 is 23.6 Å². The van der Waals surface area contributed by atoms with Gasteiger partial charge in [-0.1, -0.05) is 71.9 Å². The molecule has 0 spiro atoms. The van der Waals surface area contributed by atoms with Gasteiger partial charge < -0.3 is 0 Å². The summed E-state index contributed by atoms with van der Waals surface area (Å²) in [7, 11) is 0. The number of amides is 1. The lowest BCUT2D eigenvalue weighted by atomic mass is 9.98. The summed E-state index contributed by atoms with van der Waals surface area (Å²) >= 11 is 1.22. The van der Waals surface area contributed by atoms with Crippen molar-refractivity contribution in [2.75, 3.05) is 11.1 Å². The molecule has 0 aliphatic carbocycles. The van der Waals surface area contributed by atoms with E-state index in [-0.39, 0.29) is 23.6 Å². The molecular weight excluding hydrogens is 446 g/mol. The summed E-state index contributed by atoms with van der Waals surface area (Å²) in [6.07, 6.45) is 1.64. The fraction of sp³-hybridized carbons (Fsp3) is 0.192. The summed E-state index contributed by atoms with van der Waals surface area (Å²) in [5, 5.41) is 17.1. The van der Waals surface area contributed by atoms with Gasteiger partial charge in [0.05, 0.1) is 17.0 Å². The van der Waals surface area contributed by atoms with E-state index in [1.807, 2.05) is 81.4 Å². The Bertz CT molecular complexity index is 1340. The lowest BCUT2D eigenvalue weighted by Gasteiger charge is -2.12. The van der Waals surface area contributed by atoms with Crippen molar-refractivity contribution in [3.05, 3.63) is 78.0 Å². The predicted octanol–water partition coefficient (Wildman–Crippen LogP) is 5.18. The van der Waals surface area contributed by atoms with Crippen molar-refractivity contribution in [2.45, 2.75) is 31.8 Å². The van der Waals surface area contributed by atoms with Crippen LogP contribution in [0.5, 0.6) is 0 Å². The van der Waals surface area contributed by atoms with Gasteiger partial charge in [0.15, 0.2) is 6.04 Å². The molecule has 34 heavy (non-hydrogen) atoms. The Balaban J connectivity index is 1.65. The van der Waals surface area contributed by atoms with Crippen LogP contribution in [0.3, 0.4) is 0 Å². The molecule has 4 rings (SSSR count). The molecule has 0 saturated heterocycles. The summed E-state index contributed by atoms with van der Waals surface area (Å²) in [5.74, 6) is 0.0613. The third-order valence-corrected chi connectivity index (χ3v) is 6.12. The zero-order valence-corrected chi connectivity index (χ0v) is 20.0. The molecule has 0 aliphatic rings. The second-order valence-electron chi connectivity index (χ2n) is 8.06. The van der Waals surface area contributed by atoms with Crippen LogP contribution in [0.2, 0.25) is 0 Å². The SMILES string of the molecule is Cc1ccc(-c2cc(-c3ccccc3)nc(SCC(=O)Nc3c[n+](C(C)C)no3)c2C#N)cc1. The predicted molar refractivity (Wildman–Crippen MR) is 131 cm³/mol. The highest BCUT2D eigenvalue weighted by Crippen LogP contribution is 2.34. The lowest BCUT2D eigenvalue weighted by molar-refractivity contribution is -0.779. The molecule has 0 radical (unpaired) electrons. The van der Waals surface area contributed by atoms with Crippen LogP contribution in [0.4, 0.5) is 5.88 Å². The van der Waals surface area contributed by atoms with Gasteiger partial charge in [0.1, 0.15) is 11.1 Å². The first-order valence-corrected chi connectivity index (χ1v) is 11.8. The van der Waals surface area contributed by atoms with Crippen LogP contribution in [0.25, 0.3) is 22.4 Å². The Labute approximate surface area is 202 Å². The van der Waals surface area contributed by atoms with E-state index in [9.17, 15) is 10.1 Å². The number of hydrogen-bond acceptors (Lipinski definition) is 6. The van der Waals surface area contributed by atoms with Gasteiger partial charge in [-0.2, -0.15) is 5.26 Å². The number of anilines is 1. The van der Waals surface area contributed by atoms with Gasteiger partial charge in [-0.15, -0.1) is 0 Å². The fourth-order valence-corrected chi connectivity index (χ4v) is 4.12. The number of carbonyl (C=O) groups is 1. The molecule has 0 saturated carbocycles. The first-order valence-electron chi connectivity index (χ1n) is 10.8. The number of rotatable bonds is 7. The van der Waals surface area contributed by atoms with E-state index in [2.05, 4.69) is 16.7 Å². The van der Waals surface area contributed by atoms with Gasteiger partial charge in [0.25, 0.3) is 6.20 Å². The van der Waals surface area contributed by atoms with Crippen molar-refractivity contribution in [3.8, 4) is 28.5 Å². The Hall–Kier alpha value is -3.96. The molecule has 1 N–H and O–H groups in total. The molecule has 2 aromatic heterocycles. The first-order chi connectivity index (χ1) is 16.4. The first kappa shape index (κ1) is 23.2. The number of nitriles is 1. The summed E-state index contributed by atoms with van der Waals surface area (Å²) < 4.78 is 6.78. The molecule has 2 heterocycles. The number of benzene rings is 2. The highest BCUT2D eigenvalue weighted by molar-refractivity contribution is 8.00. The molecule has 8 heteroatoms. The Morgan fingerprint density at radius 3 is 2.53 bits per heavy atom. The highest BCUT2D eigenvalue weighted by Gasteiger charge is 2.19. The molecule has 170 valence electrons. The lowest BCUT2D eigenvalue weighted by Crippen LogP contribution is -2.36. The van der Waals surface area contributed by atoms with Crippen molar-refractivity contribution < 1.29 is 14.0 Å². The number of aromatic nitrogens is 3. The smallest absolute Gasteiger partial charge is 0.288 e. The second kappa shape index (κ2) is 10.3. The van der Waals surface area contributed by atoms with E-state index < -0.39 is 0 Å². The minimum Gasteiger partial charge on any atom is -0.288 e. The van der Waals surface area contributed by atoms with Gasteiger partial charge in [-0.05, 0) is 37.1 Å². The van der Waals surface area contributed by atoms with Gasteiger partial charge in [0, 0.05) is 11.1 Å². The highest BCUT2D eigenvalue weighted by atomic mass is 32.2. The Morgan fingerprint density at radius 1 is 1.15 bits per heavy atom. The number of nitrogens with one attached hydrogen (secondary N) is 1. The number of thioether (sulfide) groups is 1. The van der Waals surface area contributed by atoms with Crippen molar-refractivity contribution in [1.29, 1.82) is 5.26 Å². The Kier molecular flexibility index (Phi) is 7.04. The number of nitrogens with zero attached hydrogens (tertiary/aromatic N) is 4. The van der Waals surface area contributed by atoms with E-state index in [1.54, 1.807) is 10.9 Å². The average Bonchev–Trinajstić information content (AvgIpc) is 3.32. The largest absolute Gasteiger partial charge is 0.302 e. The van der Waals surface area contributed by atoms with Crippen LogP contribution in [0.1, 0.15) is 31.0 Å². The van der Waals surface area contributed by atoms with E-state index in [0.29, 0.717) is 10.6 Å². The van der Waals surface area contributed by atoms with Crippen molar-refractivity contribution in [1.82, 2.24) is 10.3 Å². The molecule has 2 aromatic carbocycles. The van der Waals surface area contributed by atoms with E-state index >= 15 is 0 Å². The quantitative estimate of drug-likeness (QED) is 0.295. The number of aryl methyl sites for hydroxylation is 1. The molecule has 7 nitrogen and oxygen atoms in total. The summed E-state index contributed by atoms with van der Waals surface area (Å²) in [6.45, 7) is 5.95. The number of pyridine rings is 1. The maximum atomic E-state index is 12.6. The van der Waals surface area contributed by atoms with Crippen LogP contribution >= 0.6 is 11.8 Å². The third-order valence-electron chi connectivity index (χ3n) is 5.14. The van der Waals surface area contributed by atoms with Gasteiger partial charge in [-0.25, -0.2) is 4.98 Å². The molecule has 0 aliphatic heterocycles. The van der Waals surface area contributed by atoms with Crippen LogP contribution in [0.15, 0.2) is 76.4 Å². The van der Waals surface area contributed by atoms with Crippen LogP contribution in [-0.4, -0.2) is 21.9 Å². The minimum absolute atomic E-state index is 0.0651. The molecular formula is C26H24N5O2S+. The normalized spacial score (nSPS) is 10.8. The number of carbonyl (C=O) groups excluding carboxylic acids is 1. The number of hydrogen-bond donors (Lipinski definition) is 1. The summed E-state index contributed by atoms with van der Waals surface area (Å²) in [6, 6.07) is 22.2. The molecule has 0 atom stereocenters. The summed E-state index contributed by atoms with van der Waals surface area (Å²) in [4.78, 5) is 17.3. The second-order valence-corrected chi connectivity index (χ2v) is 9.02. The maximum absolute atomic E-state index is 12.6. The minimum atomic E-state index is -0.273. The van der Waals surface area contributed by atoms with Crippen molar-refractivity contribution in [2.24, 2.45) is 0 Å². The standard InChI is InChI=1S/C26H23N5O2S/c1-17(2)31-15-25(33-30-31)29-24(32)16-34-26-22(14-27)21(19-11-9-18(3)10-12-19)13-23(28-26)20-7-5-4-6-8-20/h4-13,15,17H,16H2,1-3H3/p+1. The van der Waals surface area contributed by atoms with E-state index in [1.165, 1.54) is 11.8 Å². The maximum Gasteiger partial charge on any atom is 0.302 e. The zero-order chi connectivity index (χ0) is 24.1. The average molecular weight is 471 g/mol. The topological polar surface area (TPSA) is 95.7 Å². The zero-order valence-electron chi connectivity index (χ0n) is 19.1. The molecule has 0 unspecified atom stereocenters. The van der Waals surface area contributed by atoms with Crippen LogP contribution in [-0.2, 0) is 4.79 Å². The molecule has 0 bridgehead atoms. The van der Waals surface area contributed by atoms with E-state index in [0.717, 1.165) is 27.9 Å². The van der Waals surface area contributed by atoms with Gasteiger partial charge >= 0.3 is 5.88 Å². The van der Waals surface area contributed by atoms with Gasteiger partial charge in [-0.3, -0.25) is 14.6 Å². The fourth-order valence-electron chi connectivity index (χ4n) is 3.32. The summed E-state index contributed by atoms with van der Waals surface area (Å²) in [5.41, 5.74) is 4.97. The third kappa shape index (κ3) is 5.33. The molecule has 4 aromatic rings. The monoisotopic (exact) mass is 470 g/mol. The Morgan fingerprint density at radius 2 is 1.88 bits per heavy atom. The van der Waals surface area contributed by atoms with Crippen LogP contribution in [0, 0.1) is 18.3 Å². The van der Waals surface area contributed by atoms with E-state index in [4.69, 9.17) is 9.51 Å². The molecule has 0 fully saturated rings. The van der Waals surface area contributed by atoms with Crippen molar-refractivity contribution in [3.63, 3.8) is 0 Å².